The Morgan fingerprint density at radius 2 is 1.96 bits per heavy atom. The van der Waals surface area contributed by atoms with Crippen LogP contribution in [-0.4, -0.2) is 28.4 Å². The number of hydrogen-bond donors (Lipinski definition) is 2. The van der Waals surface area contributed by atoms with Gasteiger partial charge in [0.15, 0.2) is 0 Å². The van der Waals surface area contributed by atoms with Crippen molar-refractivity contribution >= 4 is 28.8 Å². The highest BCUT2D eigenvalue weighted by molar-refractivity contribution is 7.13. The van der Waals surface area contributed by atoms with Crippen LogP contribution in [0.1, 0.15) is 10.4 Å². The molecule has 132 valence electrons. The molecule has 0 aliphatic carbocycles. The molecule has 1 aromatic carbocycles. The van der Waals surface area contributed by atoms with Crippen LogP contribution in [0.5, 0.6) is 0 Å². The summed E-state index contributed by atoms with van der Waals surface area (Å²) in [5.74, 6) is -0.842. The number of anilines is 1. The van der Waals surface area contributed by atoms with Gasteiger partial charge in [0.1, 0.15) is 17.1 Å². The van der Waals surface area contributed by atoms with Gasteiger partial charge in [0.05, 0.1) is 0 Å². The highest BCUT2D eigenvalue weighted by Crippen LogP contribution is 2.23. The molecule has 2 aromatic heterocycles. The number of aromatic nitrogens is 2. The molecule has 0 bridgehead atoms. The average molecular weight is 368 g/mol. The molecule has 0 atom stereocenters. The molecule has 0 saturated carbocycles. The molecule has 26 heavy (non-hydrogen) atoms. The number of hydrogen-bond acceptors (Lipinski definition) is 5. The number of thiazole rings is 1. The minimum Gasteiger partial charge on any atom is -0.355 e. The third-order valence-corrected chi connectivity index (χ3v) is 4.48. The fraction of sp³-hybridized carbons (Fsp3) is 0.111. The van der Waals surface area contributed by atoms with Crippen LogP contribution in [0.15, 0.2) is 59.0 Å². The fourth-order valence-corrected chi connectivity index (χ4v) is 3.03. The van der Waals surface area contributed by atoms with Crippen molar-refractivity contribution in [3.8, 4) is 10.6 Å². The van der Waals surface area contributed by atoms with Crippen LogP contribution in [0, 0.1) is 0 Å². The largest absolute Gasteiger partial charge is 0.355 e. The van der Waals surface area contributed by atoms with Crippen LogP contribution in [0.3, 0.4) is 0 Å². The molecule has 2 heterocycles. The molecular formula is C18H16N4O3S. The van der Waals surface area contributed by atoms with Crippen molar-refractivity contribution < 1.29 is 9.59 Å². The molecule has 2 amide bonds. The molecule has 3 aromatic rings. The van der Waals surface area contributed by atoms with Crippen molar-refractivity contribution in [1.82, 2.24) is 14.9 Å². The van der Waals surface area contributed by atoms with E-state index in [-0.39, 0.29) is 18.0 Å². The van der Waals surface area contributed by atoms with Gasteiger partial charge >= 0.3 is 0 Å². The van der Waals surface area contributed by atoms with E-state index in [2.05, 4.69) is 15.6 Å². The molecule has 2 N–H and O–H groups in total. The third kappa shape index (κ3) is 3.86. The normalized spacial score (nSPS) is 10.3. The van der Waals surface area contributed by atoms with Gasteiger partial charge < -0.3 is 15.2 Å². The molecule has 0 unspecified atom stereocenters. The lowest BCUT2D eigenvalue weighted by atomic mass is 10.2. The second kappa shape index (κ2) is 7.75. The van der Waals surface area contributed by atoms with E-state index in [1.807, 2.05) is 17.5 Å². The Bertz CT molecular complexity index is 978. The highest BCUT2D eigenvalue weighted by Gasteiger charge is 2.12. The minimum atomic E-state index is -0.513. The van der Waals surface area contributed by atoms with E-state index in [0.717, 1.165) is 10.6 Å². The van der Waals surface area contributed by atoms with Gasteiger partial charge in [0.25, 0.3) is 11.5 Å². The first-order valence-corrected chi connectivity index (χ1v) is 8.68. The summed E-state index contributed by atoms with van der Waals surface area (Å²) in [6.07, 6.45) is 3.21. The maximum Gasteiger partial charge on any atom is 0.263 e. The van der Waals surface area contributed by atoms with E-state index in [9.17, 15) is 14.4 Å². The molecule has 0 aliphatic heterocycles. The van der Waals surface area contributed by atoms with E-state index in [0.29, 0.717) is 5.69 Å². The second-order valence-electron chi connectivity index (χ2n) is 5.40. The van der Waals surface area contributed by atoms with Crippen LogP contribution < -0.4 is 16.2 Å². The van der Waals surface area contributed by atoms with Gasteiger partial charge in [-0.05, 0) is 36.4 Å². The molecule has 3 rings (SSSR count). The predicted octanol–water partition coefficient (Wildman–Crippen LogP) is 1.97. The lowest BCUT2D eigenvalue weighted by Gasteiger charge is -2.09. The van der Waals surface area contributed by atoms with Crippen LogP contribution in [0.25, 0.3) is 10.6 Å². The van der Waals surface area contributed by atoms with Crippen LogP contribution >= 0.6 is 11.3 Å². The summed E-state index contributed by atoms with van der Waals surface area (Å²) in [4.78, 5) is 40.4. The number of pyridine rings is 1. The van der Waals surface area contributed by atoms with Crippen molar-refractivity contribution in [2.24, 2.45) is 0 Å². The van der Waals surface area contributed by atoms with E-state index < -0.39 is 11.5 Å². The second-order valence-corrected chi connectivity index (χ2v) is 6.29. The summed E-state index contributed by atoms with van der Waals surface area (Å²) in [6.45, 7) is -0.183. The number of nitrogens with one attached hydrogen (secondary N) is 2. The Morgan fingerprint density at radius 1 is 1.19 bits per heavy atom. The van der Waals surface area contributed by atoms with E-state index >= 15 is 0 Å². The Kier molecular flexibility index (Phi) is 5.23. The molecule has 0 saturated heterocycles. The zero-order valence-electron chi connectivity index (χ0n) is 13.9. The van der Waals surface area contributed by atoms with Gasteiger partial charge in [-0.3, -0.25) is 14.4 Å². The lowest BCUT2D eigenvalue weighted by molar-refractivity contribution is -0.116. The van der Waals surface area contributed by atoms with Gasteiger partial charge in [-0.1, -0.05) is 0 Å². The summed E-state index contributed by atoms with van der Waals surface area (Å²) in [5, 5.41) is 7.94. The molecule has 8 heteroatoms. The Hall–Kier alpha value is -3.26. The topological polar surface area (TPSA) is 93.1 Å². The van der Waals surface area contributed by atoms with Crippen molar-refractivity contribution in [1.29, 1.82) is 0 Å². The molecule has 7 nitrogen and oxygen atoms in total. The Morgan fingerprint density at radius 3 is 2.62 bits per heavy atom. The smallest absolute Gasteiger partial charge is 0.263 e. The van der Waals surface area contributed by atoms with Gasteiger partial charge in [-0.25, -0.2) is 4.98 Å². The Labute approximate surface area is 153 Å². The summed E-state index contributed by atoms with van der Waals surface area (Å²) in [5.41, 5.74) is 1.06. The molecule has 0 aliphatic rings. The highest BCUT2D eigenvalue weighted by atomic mass is 32.1. The summed E-state index contributed by atoms with van der Waals surface area (Å²) < 4.78 is 1.20. The van der Waals surface area contributed by atoms with Gasteiger partial charge in [0, 0.05) is 36.1 Å². The number of carbonyl (C=O) groups excluding carboxylic acids is 2. The zero-order valence-corrected chi connectivity index (χ0v) is 14.7. The number of rotatable bonds is 5. The van der Waals surface area contributed by atoms with E-state index in [1.54, 1.807) is 24.4 Å². The number of amides is 2. The first kappa shape index (κ1) is 17.6. The van der Waals surface area contributed by atoms with Gasteiger partial charge in [0.2, 0.25) is 5.91 Å². The molecule has 0 fully saturated rings. The van der Waals surface area contributed by atoms with E-state index in [4.69, 9.17) is 0 Å². The average Bonchev–Trinajstić information content (AvgIpc) is 3.18. The van der Waals surface area contributed by atoms with Crippen LogP contribution in [-0.2, 0) is 11.3 Å². The van der Waals surface area contributed by atoms with Gasteiger partial charge in [-0.15, -0.1) is 11.3 Å². The van der Waals surface area contributed by atoms with Gasteiger partial charge in [-0.2, -0.15) is 0 Å². The number of benzene rings is 1. The molecule has 0 spiro atoms. The standard InChI is InChI=1S/C18H16N4O3S/c1-19-16(24)14-3-2-9-22(18(14)25)11-15(23)21-13-6-4-12(5-7-13)17-20-8-10-26-17/h2-10H,11H2,1H3,(H,19,24)(H,21,23). The van der Waals surface area contributed by atoms with Crippen molar-refractivity contribution in [2.45, 2.75) is 6.54 Å². The van der Waals surface area contributed by atoms with Crippen molar-refractivity contribution in [3.05, 3.63) is 70.1 Å². The number of nitrogens with zero attached hydrogens (tertiary/aromatic N) is 2. The van der Waals surface area contributed by atoms with Crippen LogP contribution in [0.2, 0.25) is 0 Å². The number of carbonyl (C=O) groups is 2. The SMILES string of the molecule is CNC(=O)c1cccn(CC(=O)Nc2ccc(-c3nccs3)cc2)c1=O. The monoisotopic (exact) mass is 368 g/mol. The maximum atomic E-state index is 12.2. The summed E-state index contributed by atoms with van der Waals surface area (Å²) in [6, 6.07) is 10.3. The summed E-state index contributed by atoms with van der Waals surface area (Å²) in [7, 11) is 1.45. The Balaban J connectivity index is 1.70. The quantitative estimate of drug-likeness (QED) is 0.720. The third-order valence-electron chi connectivity index (χ3n) is 3.65. The van der Waals surface area contributed by atoms with Crippen LogP contribution in [0.4, 0.5) is 5.69 Å². The molecule has 0 radical (unpaired) electrons. The molecular weight excluding hydrogens is 352 g/mol. The minimum absolute atomic E-state index is 0.00407. The first-order valence-electron chi connectivity index (χ1n) is 7.80. The lowest BCUT2D eigenvalue weighted by Crippen LogP contribution is -2.33. The maximum absolute atomic E-state index is 12.2. The predicted molar refractivity (Wildman–Crippen MR) is 100 cm³/mol. The first-order chi connectivity index (χ1) is 12.6. The van der Waals surface area contributed by atoms with E-state index in [1.165, 1.54) is 35.2 Å². The van der Waals surface area contributed by atoms with Crippen molar-refractivity contribution in [2.75, 3.05) is 12.4 Å². The fourth-order valence-electron chi connectivity index (χ4n) is 2.39. The zero-order chi connectivity index (χ0) is 18.5. The summed E-state index contributed by atoms with van der Waals surface area (Å²) >= 11 is 1.54. The van der Waals surface area contributed by atoms with Crippen molar-refractivity contribution in [3.63, 3.8) is 0 Å².